The van der Waals surface area contributed by atoms with Gasteiger partial charge in [-0.1, -0.05) is 76.9 Å². The Labute approximate surface area is 199 Å². The predicted octanol–water partition coefficient (Wildman–Crippen LogP) is 6.58. The molecule has 0 fully saturated rings. The van der Waals surface area contributed by atoms with Crippen LogP contribution in [0.2, 0.25) is 0 Å². The molecule has 0 aliphatic carbocycles. The molecular weight excluding hydrogens is 416 g/mol. The second-order valence-corrected chi connectivity index (χ2v) is 8.72. The van der Waals surface area contributed by atoms with Gasteiger partial charge in [-0.3, -0.25) is 9.59 Å². The van der Waals surface area contributed by atoms with Gasteiger partial charge in [0, 0.05) is 18.3 Å². The van der Waals surface area contributed by atoms with Crippen molar-refractivity contribution in [1.29, 1.82) is 0 Å². The molecule has 0 heterocycles. The molecule has 0 radical (unpaired) electrons. The molecule has 0 aliphatic rings. The maximum Gasteiger partial charge on any atom is 0.233 e. The normalized spacial score (nSPS) is 11.1. The van der Waals surface area contributed by atoms with Crippen LogP contribution >= 0.6 is 0 Å². The van der Waals surface area contributed by atoms with Gasteiger partial charge in [-0.05, 0) is 44.2 Å². The van der Waals surface area contributed by atoms with E-state index in [2.05, 4.69) is 29.7 Å². The van der Waals surface area contributed by atoms with Gasteiger partial charge in [-0.2, -0.15) is 0 Å². The van der Waals surface area contributed by atoms with Crippen molar-refractivity contribution >= 4 is 17.5 Å². The van der Waals surface area contributed by atoms with Gasteiger partial charge in [0.05, 0.1) is 0 Å². The number of allylic oxidation sites excluding steroid dienone is 2. The number of anilines is 1. The van der Waals surface area contributed by atoms with E-state index < -0.39 is 5.91 Å². The first-order valence-corrected chi connectivity index (χ1v) is 12.8. The molecule has 1 aromatic rings. The van der Waals surface area contributed by atoms with Gasteiger partial charge in [-0.25, -0.2) is 0 Å². The average molecular weight is 461 g/mol. The number of unbranched alkanes of at least 4 members (excludes halogenated alkanes) is 12. The van der Waals surface area contributed by atoms with E-state index in [4.69, 9.17) is 0 Å². The molecule has 1 aromatic carbocycles. The lowest BCUT2D eigenvalue weighted by Gasteiger charge is -2.07. The number of phenols is 2. The highest BCUT2D eigenvalue weighted by molar-refractivity contribution is 6.03. The Balaban J connectivity index is 1.90. The molecule has 0 spiro atoms. The Morgan fingerprint density at radius 2 is 1.33 bits per heavy atom. The molecule has 2 amide bonds. The van der Waals surface area contributed by atoms with Crippen molar-refractivity contribution < 1.29 is 19.8 Å². The average Bonchev–Trinajstić information content (AvgIpc) is 2.78. The third kappa shape index (κ3) is 15.9. The zero-order valence-corrected chi connectivity index (χ0v) is 20.4. The number of carbonyl (C=O) groups excluding carboxylic acids is 2. The van der Waals surface area contributed by atoms with Gasteiger partial charge < -0.3 is 20.8 Å². The van der Waals surface area contributed by atoms with Gasteiger partial charge in [0.2, 0.25) is 11.8 Å². The number of benzene rings is 1. The molecule has 0 bridgehead atoms. The fourth-order valence-electron chi connectivity index (χ4n) is 3.62. The van der Waals surface area contributed by atoms with Crippen LogP contribution in [0.5, 0.6) is 11.5 Å². The zero-order chi connectivity index (χ0) is 24.2. The first kappa shape index (κ1) is 28.5. The lowest BCUT2D eigenvalue weighted by Crippen LogP contribution is -2.28. The van der Waals surface area contributed by atoms with Crippen LogP contribution in [0.25, 0.3) is 0 Å². The summed E-state index contributed by atoms with van der Waals surface area (Å²) in [5, 5.41) is 24.0. The summed E-state index contributed by atoms with van der Waals surface area (Å²) in [6.07, 6.45) is 21.8. The molecule has 6 heteroatoms. The van der Waals surface area contributed by atoms with Crippen molar-refractivity contribution in [1.82, 2.24) is 5.32 Å². The Kier molecular flexibility index (Phi) is 16.4. The maximum absolute atomic E-state index is 11.9. The topological polar surface area (TPSA) is 98.7 Å². The van der Waals surface area contributed by atoms with Gasteiger partial charge in [0.15, 0.2) is 11.5 Å². The number of amides is 2. The first-order chi connectivity index (χ1) is 16.0. The molecule has 4 N–H and O–H groups in total. The molecular formula is C27H44N2O4. The third-order valence-electron chi connectivity index (χ3n) is 5.59. The molecule has 33 heavy (non-hydrogen) atoms. The van der Waals surface area contributed by atoms with Crippen LogP contribution in [-0.4, -0.2) is 28.6 Å². The Morgan fingerprint density at radius 3 is 1.94 bits per heavy atom. The van der Waals surface area contributed by atoms with Crippen molar-refractivity contribution in [3.8, 4) is 11.5 Å². The van der Waals surface area contributed by atoms with Crippen molar-refractivity contribution in [2.75, 3.05) is 11.9 Å². The number of nitrogens with one attached hydrogen (secondary N) is 2. The second-order valence-electron chi connectivity index (χ2n) is 8.72. The smallest absolute Gasteiger partial charge is 0.233 e. The van der Waals surface area contributed by atoms with E-state index in [9.17, 15) is 19.8 Å². The molecule has 186 valence electrons. The SMILES string of the molecule is CCCCCCCC/C=C\CCCCCCCCNC(=O)CC(=O)Nc1ccc(O)c(O)c1. The van der Waals surface area contributed by atoms with E-state index in [0.717, 1.165) is 12.8 Å². The van der Waals surface area contributed by atoms with Gasteiger partial charge in [0.1, 0.15) is 6.42 Å². The maximum atomic E-state index is 11.9. The van der Waals surface area contributed by atoms with E-state index in [-0.39, 0.29) is 23.8 Å². The molecule has 0 atom stereocenters. The summed E-state index contributed by atoms with van der Waals surface area (Å²) in [7, 11) is 0. The standard InChI is InChI=1S/C27H44N2O4/c1-2-3-4-5-6-7-8-9-10-11-12-13-14-15-16-17-20-28-26(32)22-27(33)29-23-18-19-24(30)25(31)21-23/h9-10,18-19,21,30-31H,2-8,11-17,20,22H2,1H3,(H,28,32)(H,29,33)/b10-9-. The lowest BCUT2D eigenvalue weighted by molar-refractivity contribution is -0.126. The number of hydrogen-bond acceptors (Lipinski definition) is 4. The number of aromatic hydroxyl groups is 2. The molecule has 6 nitrogen and oxygen atoms in total. The summed E-state index contributed by atoms with van der Waals surface area (Å²) in [6.45, 7) is 2.83. The highest BCUT2D eigenvalue weighted by Gasteiger charge is 2.10. The Morgan fingerprint density at radius 1 is 0.758 bits per heavy atom. The quantitative estimate of drug-likeness (QED) is 0.0616. The van der Waals surface area contributed by atoms with Gasteiger partial charge in [-0.15, -0.1) is 0 Å². The Hall–Kier alpha value is -2.50. The lowest BCUT2D eigenvalue weighted by atomic mass is 10.1. The van der Waals surface area contributed by atoms with Crippen molar-refractivity contribution in [3.63, 3.8) is 0 Å². The summed E-state index contributed by atoms with van der Waals surface area (Å²) in [5.74, 6) is -1.36. The van der Waals surface area contributed by atoms with Crippen molar-refractivity contribution in [2.45, 2.75) is 103 Å². The fraction of sp³-hybridized carbons (Fsp3) is 0.630. The number of hydrogen-bond donors (Lipinski definition) is 4. The van der Waals surface area contributed by atoms with Crippen LogP contribution in [0.15, 0.2) is 30.4 Å². The fourth-order valence-corrected chi connectivity index (χ4v) is 3.62. The minimum Gasteiger partial charge on any atom is -0.504 e. The second kappa shape index (κ2) is 19.0. The summed E-state index contributed by atoms with van der Waals surface area (Å²) < 4.78 is 0. The van der Waals surface area contributed by atoms with Crippen LogP contribution in [0, 0.1) is 0 Å². The van der Waals surface area contributed by atoms with Crippen LogP contribution in [0.1, 0.15) is 103 Å². The van der Waals surface area contributed by atoms with E-state index in [1.807, 2.05) is 0 Å². The van der Waals surface area contributed by atoms with Crippen LogP contribution in [0.3, 0.4) is 0 Å². The highest BCUT2D eigenvalue weighted by Crippen LogP contribution is 2.27. The van der Waals surface area contributed by atoms with E-state index in [1.54, 1.807) is 0 Å². The van der Waals surface area contributed by atoms with Gasteiger partial charge in [0.25, 0.3) is 0 Å². The summed E-state index contributed by atoms with van der Waals surface area (Å²) in [4.78, 5) is 23.7. The molecule has 0 aliphatic heterocycles. The minimum atomic E-state index is -0.460. The van der Waals surface area contributed by atoms with Crippen molar-refractivity contribution in [2.24, 2.45) is 0 Å². The van der Waals surface area contributed by atoms with E-state index >= 15 is 0 Å². The summed E-state index contributed by atoms with van der Waals surface area (Å²) in [5.41, 5.74) is 0.330. The molecule has 0 saturated carbocycles. The highest BCUT2D eigenvalue weighted by atomic mass is 16.3. The van der Waals surface area contributed by atoms with Crippen LogP contribution in [-0.2, 0) is 9.59 Å². The van der Waals surface area contributed by atoms with Crippen LogP contribution in [0.4, 0.5) is 5.69 Å². The number of rotatable bonds is 19. The largest absolute Gasteiger partial charge is 0.504 e. The zero-order valence-electron chi connectivity index (χ0n) is 20.4. The van der Waals surface area contributed by atoms with Crippen LogP contribution < -0.4 is 10.6 Å². The number of carbonyl (C=O) groups is 2. The van der Waals surface area contributed by atoms with E-state index in [1.165, 1.54) is 95.2 Å². The first-order valence-electron chi connectivity index (χ1n) is 12.8. The molecule has 1 rings (SSSR count). The van der Waals surface area contributed by atoms with E-state index in [0.29, 0.717) is 12.2 Å². The monoisotopic (exact) mass is 460 g/mol. The Bertz CT molecular complexity index is 703. The molecule has 0 saturated heterocycles. The summed E-state index contributed by atoms with van der Waals surface area (Å²) in [6, 6.07) is 3.97. The van der Waals surface area contributed by atoms with Crippen molar-refractivity contribution in [3.05, 3.63) is 30.4 Å². The summed E-state index contributed by atoms with van der Waals surface area (Å²) >= 11 is 0. The predicted molar refractivity (Wildman–Crippen MR) is 135 cm³/mol. The minimum absolute atomic E-state index is 0.263. The van der Waals surface area contributed by atoms with Gasteiger partial charge >= 0.3 is 0 Å². The molecule has 0 aromatic heterocycles. The third-order valence-corrected chi connectivity index (χ3v) is 5.59. The number of phenolic OH excluding ortho intramolecular Hbond substituents is 2. The molecule has 0 unspecified atom stereocenters.